The van der Waals surface area contributed by atoms with E-state index < -0.39 is 0 Å². The molecule has 36 heavy (non-hydrogen) atoms. The first-order valence-electron chi connectivity index (χ1n) is 12.7. The van der Waals surface area contributed by atoms with Crippen molar-refractivity contribution in [2.24, 2.45) is 5.73 Å². The summed E-state index contributed by atoms with van der Waals surface area (Å²) < 4.78 is 2.04. The number of pyridine rings is 1. The van der Waals surface area contributed by atoms with Gasteiger partial charge in [-0.1, -0.05) is 6.42 Å². The minimum Gasteiger partial charge on any atom is -0.356 e. The van der Waals surface area contributed by atoms with E-state index in [4.69, 9.17) is 10.7 Å². The normalized spacial score (nSPS) is 14.0. The lowest BCUT2D eigenvalue weighted by molar-refractivity contribution is -0.121. The highest BCUT2D eigenvalue weighted by Crippen LogP contribution is 2.30. The van der Waals surface area contributed by atoms with Crippen LogP contribution in [-0.2, 0) is 11.2 Å². The SMILES string of the molecule is Cc1c(C(=O)CN2CCCCC2)c2ncc(CCC(=O)NCCCN)cc2n1-c1ccc(C#N)cc1. The molecule has 1 amide bonds. The van der Waals surface area contributed by atoms with E-state index in [1.807, 2.05) is 29.7 Å². The van der Waals surface area contributed by atoms with Gasteiger partial charge in [0.25, 0.3) is 0 Å². The van der Waals surface area contributed by atoms with Crippen LogP contribution in [0.25, 0.3) is 16.7 Å². The number of aromatic nitrogens is 2. The maximum Gasteiger partial charge on any atom is 0.220 e. The Labute approximate surface area is 212 Å². The number of piperidine rings is 1. The van der Waals surface area contributed by atoms with Crippen molar-refractivity contribution in [3.8, 4) is 11.8 Å². The van der Waals surface area contributed by atoms with E-state index >= 15 is 0 Å². The molecule has 3 heterocycles. The maximum absolute atomic E-state index is 13.5. The molecule has 1 aromatic carbocycles. The zero-order valence-corrected chi connectivity index (χ0v) is 20.9. The molecule has 0 saturated carbocycles. The highest BCUT2D eigenvalue weighted by atomic mass is 16.1. The number of ketones is 1. The Balaban J connectivity index is 1.68. The lowest BCUT2D eigenvalue weighted by atomic mass is 10.1. The number of nitrogens with two attached hydrogens (primary N) is 1. The molecule has 3 aromatic rings. The van der Waals surface area contributed by atoms with E-state index in [1.54, 1.807) is 18.3 Å². The summed E-state index contributed by atoms with van der Waals surface area (Å²) >= 11 is 0. The molecule has 1 aliphatic heterocycles. The number of amides is 1. The summed E-state index contributed by atoms with van der Waals surface area (Å²) in [5, 5.41) is 12.1. The molecule has 0 radical (unpaired) electrons. The third-order valence-electron chi connectivity index (χ3n) is 6.79. The van der Waals surface area contributed by atoms with Crippen molar-refractivity contribution >= 4 is 22.7 Å². The van der Waals surface area contributed by atoms with Crippen molar-refractivity contribution in [2.75, 3.05) is 32.7 Å². The van der Waals surface area contributed by atoms with Gasteiger partial charge in [0.1, 0.15) is 0 Å². The van der Waals surface area contributed by atoms with Crippen LogP contribution in [0.4, 0.5) is 0 Å². The molecule has 188 valence electrons. The molecule has 3 N–H and O–H groups in total. The minimum atomic E-state index is -0.0143. The molecule has 1 saturated heterocycles. The number of benzene rings is 1. The van der Waals surface area contributed by atoms with E-state index in [2.05, 4.69) is 16.3 Å². The van der Waals surface area contributed by atoms with E-state index in [0.29, 0.717) is 49.1 Å². The molecule has 1 aliphatic rings. The third-order valence-corrected chi connectivity index (χ3v) is 6.79. The minimum absolute atomic E-state index is 0.0143. The number of likely N-dealkylation sites (tertiary alicyclic amines) is 1. The van der Waals surface area contributed by atoms with Crippen LogP contribution < -0.4 is 11.1 Å². The van der Waals surface area contributed by atoms with E-state index in [0.717, 1.165) is 54.8 Å². The number of hydrogen-bond acceptors (Lipinski definition) is 6. The Bertz CT molecular complexity index is 1270. The van der Waals surface area contributed by atoms with Crippen LogP contribution in [0.5, 0.6) is 0 Å². The van der Waals surface area contributed by atoms with Gasteiger partial charge in [0.05, 0.1) is 34.8 Å². The summed E-state index contributed by atoms with van der Waals surface area (Å²) in [6, 6.07) is 11.5. The average molecular weight is 487 g/mol. The Kier molecular flexibility index (Phi) is 8.47. The predicted octanol–water partition coefficient (Wildman–Crippen LogP) is 3.27. The first-order chi connectivity index (χ1) is 17.5. The second-order valence-electron chi connectivity index (χ2n) is 9.42. The van der Waals surface area contributed by atoms with Crippen molar-refractivity contribution in [2.45, 2.75) is 45.4 Å². The molecule has 0 aliphatic carbocycles. The van der Waals surface area contributed by atoms with E-state index in [1.165, 1.54) is 6.42 Å². The van der Waals surface area contributed by atoms with Crippen LogP contribution in [0.15, 0.2) is 36.5 Å². The zero-order valence-electron chi connectivity index (χ0n) is 20.9. The fourth-order valence-corrected chi connectivity index (χ4v) is 4.89. The Morgan fingerprint density at radius 1 is 1.17 bits per heavy atom. The smallest absolute Gasteiger partial charge is 0.220 e. The molecule has 0 atom stereocenters. The lowest BCUT2D eigenvalue weighted by Crippen LogP contribution is -2.34. The summed E-state index contributed by atoms with van der Waals surface area (Å²) in [6.07, 6.45) is 6.90. The van der Waals surface area contributed by atoms with Crippen LogP contribution in [0, 0.1) is 18.3 Å². The fourth-order valence-electron chi connectivity index (χ4n) is 4.89. The van der Waals surface area contributed by atoms with Crippen molar-refractivity contribution in [3.05, 3.63) is 58.9 Å². The van der Waals surface area contributed by atoms with E-state index in [-0.39, 0.29) is 11.7 Å². The monoisotopic (exact) mass is 486 g/mol. The second kappa shape index (κ2) is 11.9. The van der Waals surface area contributed by atoms with Crippen LogP contribution in [0.1, 0.15) is 59.3 Å². The standard InChI is InChI=1S/C28H34N6O2/c1-20-27(25(35)19-33-14-3-2-4-15-33)28-24(34(20)23-9-6-21(17-30)7-10-23)16-22(18-32-28)8-11-26(36)31-13-5-12-29/h6-7,9-10,16,18H,2-5,8,11-15,19,29H2,1H3,(H,31,36). The number of aryl methyl sites for hydroxylation is 1. The van der Waals surface area contributed by atoms with Gasteiger partial charge in [-0.05, 0) is 88.1 Å². The number of hydrogen-bond donors (Lipinski definition) is 2. The van der Waals surface area contributed by atoms with Gasteiger partial charge in [0.15, 0.2) is 5.78 Å². The number of carbonyl (C=O) groups excluding carboxylic acids is 2. The number of nitriles is 1. The Morgan fingerprint density at radius 2 is 1.92 bits per heavy atom. The van der Waals surface area contributed by atoms with Crippen LogP contribution in [-0.4, -0.2) is 58.9 Å². The molecule has 4 rings (SSSR count). The molecule has 8 heteroatoms. The lowest BCUT2D eigenvalue weighted by Gasteiger charge is -2.25. The van der Waals surface area contributed by atoms with Gasteiger partial charge in [0, 0.05) is 30.5 Å². The molecule has 1 fully saturated rings. The summed E-state index contributed by atoms with van der Waals surface area (Å²) in [5.41, 5.74) is 10.9. The molecule has 0 spiro atoms. The van der Waals surface area contributed by atoms with Crippen molar-refractivity contribution in [1.82, 2.24) is 19.8 Å². The van der Waals surface area contributed by atoms with Gasteiger partial charge in [-0.15, -0.1) is 0 Å². The molecular formula is C28H34N6O2. The number of nitrogens with one attached hydrogen (secondary N) is 1. The van der Waals surface area contributed by atoms with Gasteiger partial charge >= 0.3 is 0 Å². The largest absolute Gasteiger partial charge is 0.356 e. The summed E-state index contributed by atoms with van der Waals surface area (Å²) in [6.45, 7) is 5.36. The molecule has 0 bridgehead atoms. The summed E-state index contributed by atoms with van der Waals surface area (Å²) in [5.74, 6) is 0.0610. The second-order valence-corrected chi connectivity index (χ2v) is 9.42. The summed E-state index contributed by atoms with van der Waals surface area (Å²) in [4.78, 5) is 32.7. The van der Waals surface area contributed by atoms with Gasteiger partial charge in [0.2, 0.25) is 5.91 Å². The first-order valence-corrected chi connectivity index (χ1v) is 12.7. The number of Topliss-reactive ketones (excluding diaryl/α,β-unsaturated/α-hetero) is 1. The van der Waals surface area contributed by atoms with Crippen molar-refractivity contribution < 1.29 is 9.59 Å². The highest BCUT2D eigenvalue weighted by Gasteiger charge is 2.24. The maximum atomic E-state index is 13.5. The quantitative estimate of drug-likeness (QED) is 0.336. The fraction of sp³-hybridized carbons (Fsp3) is 0.429. The predicted molar refractivity (Wildman–Crippen MR) is 140 cm³/mol. The number of carbonyl (C=O) groups is 2. The zero-order chi connectivity index (χ0) is 25.5. The van der Waals surface area contributed by atoms with E-state index in [9.17, 15) is 14.9 Å². The molecular weight excluding hydrogens is 452 g/mol. The van der Waals surface area contributed by atoms with Gasteiger partial charge in [-0.25, -0.2) is 0 Å². The van der Waals surface area contributed by atoms with Gasteiger partial charge < -0.3 is 15.6 Å². The first kappa shape index (κ1) is 25.5. The highest BCUT2D eigenvalue weighted by molar-refractivity contribution is 6.09. The molecule has 0 unspecified atom stereocenters. The van der Waals surface area contributed by atoms with Crippen molar-refractivity contribution in [3.63, 3.8) is 0 Å². The molecule has 8 nitrogen and oxygen atoms in total. The average Bonchev–Trinajstić information content (AvgIpc) is 3.19. The Hall–Kier alpha value is -3.54. The molecule has 2 aromatic heterocycles. The van der Waals surface area contributed by atoms with Gasteiger partial charge in [-0.2, -0.15) is 5.26 Å². The van der Waals surface area contributed by atoms with Crippen LogP contribution in [0.3, 0.4) is 0 Å². The third kappa shape index (κ3) is 5.81. The summed E-state index contributed by atoms with van der Waals surface area (Å²) in [7, 11) is 0. The van der Waals surface area contributed by atoms with Crippen molar-refractivity contribution in [1.29, 1.82) is 5.26 Å². The number of fused-ring (bicyclic) bond motifs is 1. The number of rotatable bonds is 10. The van der Waals surface area contributed by atoms with Crippen LogP contribution >= 0.6 is 0 Å². The number of nitrogens with zero attached hydrogens (tertiary/aromatic N) is 4. The topological polar surface area (TPSA) is 117 Å². The Morgan fingerprint density at radius 3 is 2.61 bits per heavy atom. The van der Waals surface area contributed by atoms with Gasteiger partial charge in [-0.3, -0.25) is 19.5 Å². The van der Waals surface area contributed by atoms with Crippen LogP contribution in [0.2, 0.25) is 0 Å².